The fraction of sp³-hybridized carbons (Fsp3) is 0.250. The van der Waals surface area contributed by atoms with E-state index < -0.39 is 15.7 Å². The number of nitrogens with zero attached hydrogens (tertiary/aromatic N) is 2. The predicted molar refractivity (Wildman–Crippen MR) is 75.5 cm³/mol. The lowest BCUT2D eigenvalue weighted by molar-refractivity contribution is 0.0948. The fourth-order valence-corrected chi connectivity index (χ4v) is 2.71. The van der Waals surface area contributed by atoms with Gasteiger partial charge in [0.05, 0.1) is 0 Å². The van der Waals surface area contributed by atoms with Gasteiger partial charge in [0, 0.05) is 19.0 Å². The minimum atomic E-state index is -3.52. The van der Waals surface area contributed by atoms with Gasteiger partial charge in [-0.25, -0.2) is 18.4 Å². The van der Waals surface area contributed by atoms with Crippen molar-refractivity contribution < 1.29 is 13.2 Å². The van der Waals surface area contributed by atoms with Crippen LogP contribution in [0.3, 0.4) is 0 Å². The molecule has 0 atom stereocenters. The topological polar surface area (TPSA) is 89.0 Å². The van der Waals surface area contributed by atoms with Gasteiger partial charge in [-0.15, -0.1) is 0 Å². The quantitative estimate of drug-likeness (QED) is 0.829. The molecule has 106 valence electrons. The SMILES string of the molecule is CS(=O)(=O)c1nccc(C(=O)NCCc2ccsc2)n1. The summed E-state index contributed by atoms with van der Waals surface area (Å²) >= 11 is 1.60. The molecule has 0 fully saturated rings. The Kier molecular flexibility index (Phi) is 4.46. The first-order valence-electron chi connectivity index (χ1n) is 5.79. The van der Waals surface area contributed by atoms with E-state index in [9.17, 15) is 13.2 Å². The zero-order valence-corrected chi connectivity index (χ0v) is 12.4. The van der Waals surface area contributed by atoms with Crippen molar-refractivity contribution in [1.29, 1.82) is 0 Å². The van der Waals surface area contributed by atoms with Crippen molar-refractivity contribution in [1.82, 2.24) is 15.3 Å². The third-order valence-electron chi connectivity index (χ3n) is 2.48. The molecule has 2 heterocycles. The second-order valence-corrected chi connectivity index (χ2v) is 6.82. The molecule has 0 saturated carbocycles. The van der Waals surface area contributed by atoms with Gasteiger partial charge in [0.25, 0.3) is 5.91 Å². The molecule has 0 radical (unpaired) electrons. The summed E-state index contributed by atoms with van der Waals surface area (Å²) in [7, 11) is -3.52. The zero-order valence-electron chi connectivity index (χ0n) is 10.7. The Hall–Kier alpha value is -1.80. The Bertz CT molecular complexity index is 696. The van der Waals surface area contributed by atoms with Crippen LogP contribution in [-0.4, -0.2) is 37.1 Å². The molecule has 1 amide bonds. The van der Waals surface area contributed by atoms with Crippen LogP contribution in [0.1, 0.15) is 16.1 Å². The van der Waals surface area contributed by atoms with E-state index in [1.165, 1.54) is 12.3 Å². The standard InChI is InChI=1S/C12H13N3O3S2/c1-20(17,18)12-14-6-3-10(15-12)11(16)13-5-2-9-4-7-19-8-9/h3-4,6-8H,2,5H2,1H3,(H,13,16). The molecule has 0 aliphatic rings. The number of hydrogen-bond donors (Lipinski definition) is 1. The van der Waals surface area contributed by atoms with Crippen molar-refractivity contribution in [2.45, 2.75) is 11.6 Å². The van der Waals surface area contributed by atoms with E-state index in [4.69, 9.17) is 0 Å². The van der Waals surface area contributed by atoms with E-state index in [0.29, 0.717) is 6.54 Å². The molecule has 0 aromatic carbocycles. The summed E-state index contributed by atoms with van der Waals surface area (Å²) in [6.45, 7) is 0.466. The molecule has 0 saturated heterocycles. The molecule has 0 aliphatic heterocycles. The number of hydrogen-bond acceptors (Lipinski definition) is 6. The molecule has 0 bridgehead atoms. The molecule has 8 heteroatoms. The van der Waals surface area contributed by atoms with Gasteiger partial charge in [-0.05, 0) is 34.9 Å². The van der Waals surface area contributed by atoms with Gasteiger partial charge in [0.2, 0.25) is 15.0 Å². The maximum absolute atomic E-state index is 11.9. The minimum Gasteiger partial charge on any atom is -0.350 e. The van der Waals surface area contributed by atoms with Crippen LogP contribution in [0.15, 0.2) is 34.2 Å². The second-order valence-electron chi connectivity index (χ2n) is 4.13. The Morgan fingerprint density at radius 1 is 1.40 bits per heavy atom. The predicted octanol–water partition coefficient (Wildman–Crippen LogP) is 0.914. The van der Waals surface area contributed by atoms with Crippen LogP contribution in [0.4, 0.5) is 0 Å². The van der Waals surface area contributed by atoms with Gasteiger partial charge in [0.1, 0.15) is 5.69 Å². The summed E-state index contributed by atoms with van der Waals surface area (Å²) in [5.74, 6) is -0.410. The number of sulfone groups is 1. The Balaban J connectivity index is 1.99. The average Bonchev–Trinajstić information content (AvgIpc) is 2.91. The van der Waals surface area contributed by atoms with Crippen LogP contribution in [-0.2, 0) is 16.3 Å². The number of aromatic nitrogens is 2. The molecule has 2 aromatic rings. The third kappa shape index (κ3) is 3.84. The summed E-state index contributed by atoms with van der Waals surface area (Å²) in [5.41, 5.74) is 1.19. The summed E-state index contributed by atoms with van der Waals surface area (Å²) in [5, 5.41) is 6.34. The maximum Gasteiger partial charge on any atom is 0.270 e. The first-order valence-corrected chi connectivity index (χ1v) is 8.62. The molecule has 20 heavy (non-hydrogen) atoms. The highest BCUT2D eigenvalue weighted by molar-refractivity contribution is 7.90. The lowest BCUT2D eigenvalue weighted by Crippen LogP contribution is -2.27. The number of thiophene rings is 1. The number of carbonyl (C=O) groups is 1. The molecule has 2 aromatic heterocycles. The van der Waals surface area contributed by atoms with Crippen LogP contribution < -0.4 is 5.32 Å². The highest BCUT2D eigenvalue weighted by Crippen LogP contribution is 2.06. The van der Waals surface area contributed by atoms with E-state index >= 15 is 0 Å². The summed E-state index contributed by atoms with van der Waals surface area (Å²) in [6, 6.07) is 3.37. The van der Waals surface area contributed by atoms with E-state index in [-0.39, 0.29) is 10.9 Å². The Labute approximate surface area is 120 Å². The van der Waals surface area contributed by atoms with Gasteiger partial charge in [-0.3, -0.25) is 4.79 Å². The number of nitrogens with one attached hydrogen (secondary N) is 1. The van der Waals surface area contributed by atoms with Crippen molar-refractivity contribution in [3.8, 4) is 0 Å². The molecular weight excluding hydrogens is 298 g/mol. The number of amides is 1. The number of carbonyl (C=O) groups excluding carboxylic acids is 1. The molecule has 0 aliphatic carbocycles. The van der Waals surface area contributed by atoms with Gasteiger partial charge in [-0.2, -0.15) is 11.3 Å². The largest absolute Gasteiger partial charge is 0.350 e. The van der Waals surface area contributed by atoms with Crippen molar-refractivity contribution in [3.63, 3.8) is 0 Å². The summed E-state index contributed by atoms with van der Waals surface area (Å²) in [6.07, 6.45) is 2.98. The van der Waals surface area contributed by atoms with Crippen molar-refractivity contribution in [3.05, 3.63) is 40.3 Å². The fourth-order valence-electron chi connectivity index (χ4n) is 1.49. The average molecular weight is 311 g/mol. The molecule has 0 spiro atoms. The highest BCUT2D eigenvalue weighted by Gasteiger charge is 2.14. The number of rotatable bonds is 5. The van der Waals surface area contributed by atoms with E-state index in [1.807, 2.05) is 16.8 Å². The molecule has 2 rings (SSSR count). The zero-order chi connectivity index (χ0) is 14.6. The third-order valence-corrected chi connectivity index (χ3v) is 4.07. The van der Waals surface area contributed by atoms with Crippen LogP contribution >= 0.6 is 11.3 Å². The van der Waals surface area contributed by atoms with E-state index in [2.05, 4.69) is 15.3 Å². The normalized spacial score (nSPS) is 11.2. The highest BCUT2D eigenvalue weighted by atomic mass is 32.2. The molecular formula is C12H13N3O3S2. The maximum atomic E-state index is 11.9. The van der Waals surface area contributed by atoms with Crippen molar-refractivity contribution in [2.24, 2.45) is 0 Å². The van der Waals surface area contributed by atoms with Crippen molar-refractivity contribution >= 4 is 27.1 Å². The molecule has 0 unspecified atom stereocenters. The van der Waals surface area contributed by atoms with Crippen LogP contribution in [0.5, 0.6) is 0 Å². The van der Waals surface area contributed by atoms with E-state index in [1.54, 1.807) is 11.3 Å². The Morgan fingerprint density at radius 2 is 2.20 bits per heavy atom. The molecule has 1 N–H and O–H groups in total. The smallest absolute Gasteiger partial charge is 0.270 e. The van der Waals surface area contributed by atoms with Gasteiger partial charge >= 0.3 is 0 Å². The first-order chi connectivity index (χ1) is 9.47. The lowest BCUT2D eigenvalue weighted by atomic mass is 10.2. The second kappa shape index (κ2) is 6.10. The Morgan fingerprint density at radius 3 is 2.85 bits per heavy atom. The van der Waals surface area contributed by atoms with Gasteiger partial charge in [-0.1, -0.05) is 0 Å². The first kappa shape index (κ1) is 14.6. The van der Waals surface area contributed by atoms with Gasteiger partial charge in [0.15, 0.2) is 0 Å². The van der Waals surface area contributed by atoms with Crippen molar-refractivity contribution in [2.75, 3.05) is 12.8 Å². The molecule has 6 nitrogen and oxygen atoms in total. The lowest BCUT2D eigenvalue weighted by Gasteiger charge is -2.04. The van der Waals surface area contributed by atoms with E-state index in [0.717, 1.165) is 18.2 Å². The minimum absolute atomic E-state index is 0.0470. The summed E-state index contributed by atoms with van der Waals surface area (Å²) in [4.78, 5) is 19.2. The van der Waals surface area contributed by atoms with Crippen LogP contribution in [0, 0.1) is 0 Å². The monoisotopic (exact) mass is 311 g/mol. The van der Waals surface area contributed by atoms with Crippen LogP contribution in [0.25, 0.3) is 0 Å². The van der Waals surface area contributed by atoms with Crippen LogP contribution in [0.2, 0.25) is 0 Å². The van der Waals surface area contributed by atoms with Gasteiger partial charge < -0.3 is 5.32 Å². The summed E-state index contributed by atoms with van der Waals surface area (Å²) < 4.78 is 22.6.